The Hall–Kier alpha value is -2.08. The van der Waals surface area contributed by atoms with Crippen molar-refractivity contribution in [2.24, 2.45) is 5.41 Å². The number of anilines is 1. The van der Waals surface area contributed by atoms with E-state index >= 15 is 0 Å². The number of halogens is 1. The lowest BCUT2D eigenvalue weighted by molar-refractivity contribution is 0.302. The summed E-state index contributed by atoms with van der Waals surface area (Å²) in [5, 5.41) is 3.73. The van der Waals surface area contributed by atoms with E-state index in [9.17, 15) is 0 Å². The standard InChI is InChI=1S/C21H27BrN4O/c1-20(2,3)13-21(4,5)25-18-17(15-9-7-8-10-16(15)27-6)24-19-23-11-14(22)12-26(18)19/h7-12,25H,13H2,1-6H3. The minimum atomic E-state index is -0.132. The highest BCUT2D eigenvalue weighted by Crippen LogP contribution is 2.38. The van der Waals surface area contributed by atoms with Gasteiger partial charge in [0.2, 0.25) is 5.78 Å². The summed E-state index contributed by atoms with van der Waals surface area (Å²) in [6.45, 7) is 11.2. The molecule has 2 heterocycles. The van der Waals surface area contributed by atoms with Crippen LogP contribution in [0.4, 0.5) is 5.82 Å². The van der Waals surface area contributed by atoms with Crippen LogP contribution in [-0.4, -0.2) is 27.0 Å². The Morgan fingerprint density at radius 1 is 1.15 bits per heavy atom. The van der Waals surface area contributed by atoms with Gasteiger partial charge in [0.15, 0.2) is 0 Å². The smallest absolute Gasteiger partial charge is 0.236 e. The Morgan fingerprint density at radius 2 is 1.85 bits per heavy atom. The maximum Gasteiger partial charge on any atom is 0.236 e. The molecule has 3 rings (SSSR count). The summed E-state index contributed by atoms with van der Waals surface area (Å²) in [6, 6.07) is 7.93. The second-order valence-electron chi connectivity index (χ2n) is 8.70. The predicted octanol–water partition coefficient (Wildman–Crippen LogP) is 5.79. The van der Waals surface area contributed by atoms with Crippen molar-refractivity contribution in [3.05, 3.63) is 41.1 Å². The summed E-state index contributed by atoms with van der Waals surface area (Å²) in [7, 11) is 1.68. The first kappa shape index (κ1) is 19.7. The van der Waals surface area contributed by atoms with Gasteiger partial charge in [0.05, 0.1) is 11.6 Å². The van der Waals surface area contributed by atoms with Gasteiger partial charge in [-0.05, 0) is 53.7 Å². The molecular formula is C21H27BrN4O. The van der Waals surface area contributed by atoms with Gasteiger partial charge in [-0.1, -0.05) is 32.9 Å². The molecule has 3 aromatic rings. The van der Waals surface area contributed by atoms with Gasteiger partial charge in [-0.2, -0.15) is 0 Å². The molecular weight excluding hydrogens is 404 g/mol. The molecule has 0 atom stereocenters. The Kier molecular flexibility index (Phi) is 5.21. The highest BCUT2D eigenvalue weighted by atomic mass is 79.9. The van der Waals surface area contributed by atoms with Crippen molar-refractivity contribution in [1.82, 2.24) is 14.4 Å². The van der Waals surface area contributed by atoms with Crippen LogP contribution in [-0.2, 0) is 0 Å². The van der Waals surface area contributed by atoms with Gasteiger partial charge in [0, 0.05) is 23.5 Å². The number of ether oxygens (including phenoxy) is 1. The molecule has 1 aromatic carbocycles. The molecule has 27 heavy (non-hydrogen) atoms. The lowest BCUT2D eigenvalue weighted by Crippen LogP contribution is -2.36. The average Bonchev–Trinajstić information content (AvgIpc) is 2.89. The number of benzene rings is 1. The first-order valence-electron chi connectivity index (χ1n) is 9.05. The van der Waals surface area contributed by atoms with E-state index in [1.54, 1.807) is 13.3 Å². The molecule has 0 aliphatic heterocycles. The van der Waals surface area contributed by atoms with E-state index in [1.807, 2.05) is 34.9 Å². The minimum absolute atomic E-state index is 0.132. The highest BCUT2D eigenvalue weighted by Gasteiger charge is 2.28. The summed E-state index contributed by atoms with van der Waals surface area (Å²) in [5.41, 5.74) is 1.84. The predicted molar refractivity (Wildman–Crippen MR) is 114 cm³/mol. The van der Waals surface area contributed by atoms with E-state index in [4.69, 9.17) is 9.72 Å². The highest BCUT2D eigenvalue weighted by molar-refractivity contribution is 9.10. The molecule has 0 aliphatic carbocycles. The normalized spacial score (nSPS) is 12.4. The maximum absolute atomic E-state index is 5.58. The molecule has 0 spiro atoms. The van der Waals surface area contributed by atoms with Crippen LogP contribution in [0.5, 0.6) is 5.75 Å². The Balaban J connectivity index is 2.18. The molecule has 1 N–H and O–H groups in total. The lowest BCUT2D eigenvalue weighted by atomic mass is 9.82. The molecule has 0 radical (unpaired) electrons. The number of imidazole rings is 1. The van der Waals surface area contributed by atoms with E-state index in [2.05, 4.69) is 60.8 Å². The Labute approximate surface area is 169 Å². The van der Waals surface area contributed by atoms with Crippen LogP contribution in [0.15, 0.2) is 41.1 Å². The fourth-order valence-corrected chi connectivity index (χ4v) is 4.06. The van der Waals surface area contributed by atoms with Crippen molar-refractivity contribution in [2.45, 2.75) is 46.6 Å². The molecule has 0 amide bonds. The average molecular weight is 431 g/mol. The summed E-state index contributed by atoms with van der Waals surface area (Å²) < 4.78 is 8.47. The Bertz CT molecular complexity index is 956. The fourth-order valence-electron chi connectivity index (χ4n) is 3.75. The molecule has 0 aliphatic rings. The molecule has 5 nitrogen and oxygen atoms in total. The van der Waals surface area contributed by atoms with Gasteiger partial charge < -0.3 is 10.1 Å². The molecule has 0 fully saturated rings. The number of rotatable bonds is 5. The van der Waals surface area contributed by atoms with Crippen LogP contribution in [0.3, 0.4) is 0 Å². The molecule has 0 saturated carbocycles. The first-order valence-corrected chi connectivity index (χ1v) is 9.84. The molecule has 0 saturated heterocycles. The lowest BCUT2D eigenvalue weighted by Gasteiger charge is -2.34. The zero-order valence-electron chi connectivity index (χ0n) is 16.8. The first-order chi connectivity index (χ1) is 12.6. The van der Waals surface area contributed by atoms with Crippen LogP contribution in [0.1, 0.15) is 41.0 Å². The minimum Gasteiger partial charge on any atom is -0.496 e. The largest absolute Gasteiger partial charge is 0.496 e. The third-order valence-corrected chi connectivity index (χ3v) is 4.65. The van der Waals surface area contributed by atoms with Crippen LogP contribution in [0, 0.1) is 5.41 Å². The van der Waals surface area contributed by atoms with Crippen molar-refractivity contribution in [3.8, 4) is 17.0 Å². The molecule has 2 aromatic heterocycles. The van der Waals surface area contributed by atoms with Crippen LogP contribution in [0.25, 0.3) is 17.0 Å². The van der Waals surface area contributed by atoms with Gasteiger partial charge in [-0.15, -0.1) is 0 Å². The fraction of sp³-hybridized carbons (Fsp3) is 0.429. The zero-order chi connectivity index (χ0) is 19.8. The number of aromatic nitrogens is 3. The number of hydrogen-bond acceptors (Lipinski definition) is 4. The van der Waals surface area contributed by atoms with Gasteiger partial charge in [-0.25, -0.2) is 9.97 Å². The number of methoxy groups -OCH3 is 1. The molecule has 0 bridgehead atoms. The SMILES string of the molecule is COc1ccccc1-c1nc2ncc(Br)cn2c1NC(C)(C)CC(C)(C)C. The molecule has 6 heteroatoms. The topological polar surface area (TPSA) is 51.5 Å². The van der Waals surface area contributed by atoms with Crippen molar-refractivity contribution < 1.29 is 4.74 Å². The monoisotopic (exact) mass is 430 g/mol. The Morgan fingerprint density at radius 3 is 2.52 bits per heavy atom. The van der Waals surface area contributed by atoms with E-state index in [1.165, 1.54) is 0 Å². The zero-order valence-corrected chi connectivity index (χ0v) is 18.4. The van der Waals surface area contributed by atoms with Crippen molar-refractivity contribution in [2.75, 3.05) is 12.4 Å². The summed E-state index contributed by atoms with van der Waals surface area (Å²) >= 11 is 3.53. The van der Waals surface area contributed by atoms with E-state index in [-0.39, 0.29) is 11.0 Å². The summed E-state index contributed by atoms with van der Waals surface area (Å²) in [4.78, 5) is 9.27. The number of fused-ring (bicyclic) bond motifs is 1. The van der Waals surface area contributed by atoms with Gasteiger partial charge in [0.1, 0.15) is 17.3 Å². The van der Waals surface area contributed by atoms with Crippen molar-refractivity contribution >= 4 is 27.5 Å². The second kappa shape index (κ2) is 7.15. The van der Waals surface area contributed by atoms with E-state index < -0.39 is 0 Å². The quantitative estimate of drug-likeness (QED) is 0.555. The number of hydrogen-bond donors (Lipinski definition) is 1. The third kappa shape index (κ3) is 4.43. The van der Waals surface area contributed by atoms with Crippen LogP contribution >= 0.6 is 15.9 Å². The number of nitrogens with zero attached hydrogens (tertiary/aromatic N) is 3. The second-order valence-corrected chi connectivity index (χ2v) is 9.61. The van der Waals surface area contributed by atoms with Gasteiger partial charge in [0.25, 0.3) is 0 Å². The third-order valence-electron chi connectivity index (χ3n) is 4.24. The number of nitrogens with one attached hydrogen (secondary N) is 1. The maximum atomic E-state index is 5.58. The van der Waals surface area contributed by atoms with Crippen molar-refractivity contribution in [1.29, 1.82) is 0 Å². The molecule has 144 valence electrons. The van der Waals surface area contributed by atoms with Crippen molar-refractivity contribution in [3.63, 3.8) is 0 Å². The van der Waals surface area contributed by atoms with E-state index in [0.717, 1.165) is 33.7 Å². The van der Waals surface area contributed by atoms with Crippen LogP contribution < -0.4 is 10.1 Å². The van der Waals surface area contributed by atoms with Crippen LogP contribution in [0.2, 0.25) is 0 Å². The summed E-state index contributed by atoms with van der Waals surface area (Å²) in [5.74, 6) is 2.35. The van der Waals surface area contributed by atoms with Gasteiger partial charge >= 0.3 is 0 Å². The number of para-hydroxylation sites is 1. The van der Waals surface area contributed by atoms with Gasteiger partial charge in [-0.3, -0.25) is 4.40 Å². The molecule has 0 unspecified atom stereocenters. The van der Waals surface area contributed by atoms with E-state index in [0.29, 0.717) is 5.78 Å². The summed E-state index contributed by atoms with van der Waals surface area (Å²) in [6.07, 6.45) is 4.75.